The molecule has 0 aliphatic heterocycles. The molecule has 0 N–H and O–H groups in total. The van der Waals surface area contributed by atoms with Gasteiger partial charge in [-0.1, -0.05) is 0 Å². The van der Waals surface area contributed by atoms with Gasteiger partial charge in [0.15, 0.2) is 0 Å². The molecule has 0 spiro atoms. The van der Waals surface area contributed by atoms with Crippen LogP contribution >= 0.6 is 0 Å². The molecule has 58 valence electrons. The Kier molecular flexibility index (Phi) is 1.13. The third-order valence-corrected chi connectivity index (χ3v) is 2.00. The predicted molar refractivity (Wildman–Crippen MR) is 42.7 cm³/mol. The molecule has 0 aromatic carbocycles. The van der Waals surface area contributed by atoms with Gasteiger partial charge < -0.3 is 8.83 Å². The van der Waals surface area contributed by atoms with Crippen LogP contribution in [-0.2, 0) is 0 Å². The van der Waals surface area contributed by atoms with E-state index in [1.165, 1.54) is 5.56 Å². The first kappa shape index (κ1) is 6.53. The maximum absolute atomic E-state index is 5.35. The number of rotatable bonds is 0. The first-order valence-electron chi connectivity index (χ1n) is 3.64. The molecule has 0 aliphatic carbocycles. The van der Waals surface area contributed by atoms with Crippen molar-refractivity contribution < 1.29 is 8.83 Å². The van der Waals surface area contributed by atoms with Crippen molar-refractivity contribution in [1.82, 2.24) is 0 Å². The van der Waals surface area contributed by atoms with E-state index < -0.39 is 0 Å². The lowest BCUT2D eigenvalue weighted by molar-refractivity contribution is 0.448. The molecule has 2 rings (SSSR count). The molecule has 2 aromatic heterocycles. The minimum atomic E-state index is 0.650. The standard InChI is InChI=1S/C9H10O2/c1-5-4-8-6(2)7(3)11-9(8)10-5/h4H,1-3H3. The summed E-state index contributed by atoms with van der Waals surface area (Å²) >= 11 is 0. The van der Waals surface area contributed by atoms with Crippen LogP contribution in [0, 0.1) is 20.8 Å². The number of furan rings is 2. The van der Waals surface area contributed by atoms with Crippen molar-refractivity contribution in [3.05, 3.63) is 23.2 Å². The van der Waals surface area contributed by atoms with Crippen LogP contribution in [0.1, 0.15) is 17.1 Å². The van der Waals surface area contributed by atoms with Crippen LogP contribution < -0.4 is 0 Å². The average molecular weight is 150 g/mol. The topological polar surface area (TPSA) is 26.3 Å². The molecule has 2 heterocycles. The molecule has 0 atom stereocenters. The summed E-state index contributed by atoms with van der Waals surface area (Å²) in [5.41, 5.74) is 1.18. The molecule has 0 bridgehead atoms. The Hall–Kier alpha value is -1.18. The lowest BCUT2D eigenvalue weighted by Crippen LogP contribution is -1.68. The highest BCUT2D eigenvalue weighted by Gasteiger charge is 2.10. The summed E-state index contributed by atoms with van der Waals surface area (Å²) in [5.74, 6) is 2.50. The molecule has 2 nitrogen and oxygen atoms in total. The van der Waals surface area contributed by atoms with E-state index in [4.69, 9.17) is 8.83 Å². The second kappa shape index (κ2) is 1.91. The SMILES string of the molecule is Cc1cc2c(C)c(C)oc2o1. The summed E-state index contributed by atoms with van der Waals surface area (Å²) in [6.45, 7) is 5.90. The minimum absolute atomic E-state index is 0.650. The lowest BCUT2D eigenvalue weighted by Gasteiger charge is -1.83. The highest BCUT2D eigenvalue weighted by molar-refractivity contribution is 5.78. The monoisotopic (exact) mass is 150 g/mol. The molecule has 11 heavy (non-hydrogen) atoms. The van der Waals surface area contributed by atoms with E-state index in [-0.39, 0.29) is 0 Å². The fourth-order valence-corrected chi connectivity index (χ4v) is 1.24. The zero-order chi connectivity index (χ0) is 8.01. The fourth-order valence-electron chi connectivity index (χ4n) is 1.24. The van der Waals surface area contributed by atoms with Crippen molar-refractivity contribution in [2.75, 3.05) is 0 Å². The Labute approximate surface area is 64.8 Å². The van der Waals surface area contributed by atoms with E-state index in [1.807, 2.05) is 26.8 Å². The first-order chi connectivity index (χ1) is 5.18. The molecule has 2 aromatic rings. The minimum Gasteiger partial charge on any atom is -0.430 e. The van der Waals surface area contributed by atoms with Crippen molar-refractivity contribution in [1.29, 1.82) is 0 Å². The van der Waals surface area contributed by atoms with E-state index >= 15 is 0 Å². The highest BCUT2D eigenvalue weighted by atomic mass is 16.5. The molecule has 0 amide bonds. The normalized spacial score (nSPS) is 11.2. The molecule has 0 saturated carbocycles. The number of hydrogen-bond donors (Lipinski definition) is 0. The summed E-state index contributed by atoms with van der Waals surface area (Å²) in [5, 5.41) is 1.10. The Morgan fingerprint density at radius 2 is 1.82 bits per heavy atom. The third-order valence-electron chi connectivity index (χ3n) is 2.00. The van der Waals surface area contributed by atoms with Crippen molar-refractivity contribution in [3.63, 3.8) is 0 Å². The molecule has 0 saturated heterocycles. The van der Waals surface area contributed by atoms with E-state index in [0.717, 1.165) is 16.9 Å². The van der Waals surface area contributed by atoms with Crippen LogP contribution in [0.5, 0.6) is 0 Å². The fraction of sp³-hybridized carbons (Fsp3) is 0.333. The van der Waals surface area contributed by atoms with Crippen molar-refractivity contribution >= 4 is 11.2 Å². The maximum Gasteiger partial charge on any atom is 0.297 e. The zero-order valence-corrected chi connectivity index (χ0v) is 6.89. The second-order valence-corrected chi connectivity index (χ2v) is 2.84. The van der Waals surface area contributed by atoms with Gasteiger partial charge in [-0.3, -0.25) is 0 Å². The third kappa shape index (κ3) is 0.788. The molecule has 2 heteroatoms. The van der Waals surface area contributed by atoms with Crippen LogP contribution in [0.25, 0.3) is 11.2 Å². The van der Waals surface area contributed by atoms with E-state index in [0.29, 0.717) is 5.78 Å². The van der Waals surface area contributed by atoms with Crippen LogP contribution in [0.2, 0.25) is 0 Å². The van der Waals surface area contributed by atoms with Crippen LogP contribution in [-0.4, -0.2) is 0 Å². The van der Waals surface area contributed by atoms with Crippen molar-refractivity contribution in [2.24, 2.45) is 0 Å². The lowest BCUT2D eigenvalue weighted by atomic mass is 10.2. The van der Waals surface area contributed by atoms with E-state index in [2.05, 4.69) is 0 Å². The molecular weight excluding hydrogens is 140 g/mol. The summed E-state index contributed by atoms with van der Waals surface area (Å²) in [6, 6.07) is 2.00. The van der Waals surface area contributed by atoms with Gasteiger partial charge in [0.1, 0.15) is 11.5 Å². The van der Waals surface area contributed by atoms with Gasteiger partial charge in [-0.15, -0.1) is 0 Å². The number of aryl methyl sites for hydroxylation is 3. The Morgan fingerprint density at radius 3 is 2.45 bits per heavy atom. The van der Waals surface area contributed by atoms with Gasteiger partial charge in [-0.05, 0) is 26.8 Å². The van der Waals surface area contributed by atoms with Gasteiger partial charge in [-0.25, -0.2) is 0 Å². The highest BCUT2D eigenvalue weighted by Crippen LogP contribution is 2.27. The van der Waals surface area contributed by atoms with E-state index in [9.17, 15) is 0 Å². The zero-order valence-electron chi connectivity index (χ0n) is 6.89. The average Bonchev–Trinajstić information content (AvgIpc) is 2.37. The smallest absolute Gasteiger partial charge is 0.297 e. The molecule has 0 unspecified atom stereocenters. The van der Waals surface area contributed by atoms with Gasteiger partial charge in [0.05, 0.1) is 5.39 Å². The molecule has 0 radical (unpaired) electrons. The Bertz CT molecular complexity index is 393. The van der Waals surface area contributed by atoms with Crippen molar-refractivity contribution in [3.8, 4) is 0 Å². The van der Waals surface area contributed by atoms with E-state index in [1.54, 1.807) is 0 Å². The quantitative estimate of drug-likeness (QED) is 0.577. The first-order valence-corrected chi connectivity index (χ1v) is 3.64. The Balaban J connectivity index is 2.88. The predicted octanol–water partition coefficient (Wildman–Crippen LogP) is 2.95. The van der Waals surface area contributed by atoms with Gasteiger partial charge in [0.25, 0.3) is 5.78 Å². The van der Waals surface area contributed by atoms with Crippen LogP contribution in [0.4, 0.5) is 0 Å². The van der Waals surface area contributed by atoms with Gasteiger partial charge in [0, 0.05) is 5.56 Å². The van der Waals surface area contributed by atoms with Crippen LogP contribution in [0.15, 0.2) is 14.9 Å². The maximum atomic E-state index is 5.35. The summed E-state index contributed by atoms with van der Waals surface area (Å²) in [6.07, 6.45) is 0. The summed E-state index contributed by atoms with van der Waals surface area (Å²) in [4.78, 5) is 0. The number of hydrogen-bond acceptors (Lipinski definition) is 2. The summed E-state index contributed by atoms with van der Waals surface area (Å²) in [7, 11) is 0. The molecular formula is C9H10O2. The van der Waals surface area contributed by atoms with Gasteiger partial charge in [-0.2, -0.15) is 0 Å². The largest absolute Gasteiger partial charge is 0.430 e. The van der Waals surface area contributed by atoms with Gasteiger partial charge in [0.2, 0.25) is 0 Å². The van der Waals surface area contributed by atoms with Gasteiger partial charge >= 0.3 is 0 Å². The second-order valence-electron chi connectivity index (χ2n) is 2.84. The van der Waals surface area contributed by atoms with Crippen LogP contribution in [0.3, 0.4) is 0 Å². The Morgan fingerprint density at radius 1 is 1.09 bits per heavy atom. The van der Waals surface area contributed by atoms with Crippen molar-refractivity contribution in [2.45, 2.75) is 20.8 Å². The molecule has 0 fully saturated rings. The number of fused-ring (bicyclic) bond motifs is 1. The summed E-state index contributed by atoms with van der Waals surface area (Å²) < 4.78 is 10.7. The molecule has 0 aliphatic rings.